The molecule has 2 heterocycles. The van der Waals surface area contributed by atoms with E-state index in [1.807, 2.05) is 30.3 Å². The van der Waals surface area contributed by atoms with Crippen molar-refractivity contribution in [3.8, 4) is 5.75 Å². The minimum absolute atomic E-state index is 0.267. The van der Waals surface area contributed by atoms with E-state index in [9.17, 15) is 20.4 Å². The largest absolute Gasteiger partial charge is 0.496 e. The molecule has 3 aromatic rings. The summed E-state index contributed by atoms with van der Waals surface area (Å²) in [5.74, 6) is 0.765. The quantitative estimate of drug-likeness (QED) is 0.496. The van der Waals surface area contributed by atoms with Gasteiger partial charge in [0.2, 0.25) is 0 Å². The highest BCUT2D eigenvalue weighted by Gasteiger charge is 2.43. The van der Waals surface area contributed by atoms with Crippen molar-refractivity contribution in [2.75, 3.05) is 13.7 Å². The number of rotatable bonds is 5. The molecule has 0 unspecified atom stereocenters. The Bertz CT molecular complexity index is 953. The minimum Gasteiger partial charge on any atom is -0.496 e. The SMILES string of the molecule is COc1ccc([C@@H]2S[C@H](CO)[C@@H](O)[C@H](O)[C@H]2O)cc1Cc1cc2ccccc2s1. The lowest BCUT2D eigenvalue weighted by atomic mass is 9.95. The van der Waals surface area contributed by atoms with Gasteiger partial charge in [0.25, 0.3) is 0 Å². The number of aliphatic hydroxyl groups is 4. The van der Waals surface area contributed by atoms with Gasteiger partial charge in [0.15, 0.2) is 0 Å². The molecule has 1 saturated heterocycles. The van der Waals surface area contributed by atoms with Crippen LogP contribution in [0.2, 0.25) is 0 Å². The van der Waals surface area contributed by atoms with Crippen molar-refractivity contribution in [1.29, 1.82) is 0 Å². The zero-order valence-electron chi connectivity index (χ0n) is 15.9. The van der Waals surface area contributed by atoms with Crippen LogP contribution in [-0.2, 0) is 6.42 Å². The van der Waals surface area contributed by atoms with Crippen molar-refractivity contribution >= 4 is 33.2 Å². The van der Waals surface area contributed by atoms with Gasteiger partial charge in [-0.1, -0.05) is 30.3 Å². The highest BCUT2D eigenvalue weighted by atomic mass is 32.2. The maximum atomic E-state index is 10.5. The molecule has 5 nitrogen and oxygen atoms in total. The van der Waals surface area contributed by atoms with Crippen molar-refractivity contribution in [2.45, 2.75) is 35.2 Å². The van der Waals surface area contributed by atoms with Crippen LogP contribution in [0.1, 0.15) is 21.3 Å². The third-order valence-electron chi connectivity index (χ3n) is 5.37. The lowest BCUT2D eigenvalue weighted by Gasteiger charge is -2.39. The molecular weight excluding hydrogens is 408 g/mol. The fourth-order valence-corrected chi connectivity index (χ4v) is 6.30. The topological polar surface area (TPSA) is 90.2 Å². The summed E-state index contributed by atoms with van der Waals surface area (Å²) in [6, 6.07) is 16.2. The van der Waals surface area contributed by atoms with Gasteiger partial charge >= 0.3 is 0 Å². The Hall–Kier alpha value is -1.61. The summed E-state index contributed by atoms with van der Waals surface area (Å²) in [6.45, 7) is -0.267. The summed E-state index contributed by atoms with van der Waals surface area (Å²) in [4.78, 5) is 1.21. The molecule has 0 radical (unpaired) electrons. The maximum Gasteiger partial charge on any atom is 0.122 e. The second kappa shape index (κ2) is 8.63. The molecule has 2 aromatic carbocycles. The molecule has 0 saturated carbocycles. The van der Waals surface area contributed by atoms with Gasteiger partial charge in [-0.05, 0) is 34.7 Å². The number of methoxy groups -OCH3 is 1. The Morgan fingerprint density at radius 1 is 0.966 bits per heavy atom. The van der Waals surface area contributed by atoms with Crippen LogP contribution < -0.4 is 4.74 Å². The van der Waals surface area contributed by atoms with E-state index in [0.717, 1.165) is 16.9 Å². The van der Waals surface area contributed by atoms with Crippen LogP contribution in [0.3, 0.4) is 0 Å². The number of thioether (sulfide) groups is 1. The fourth-order valence-electron chi connectivity index (χ4n) is 3.80. The Kier molecular flexibility index (Phi) is 6.15. The van der Waals surface area contributed by atoms with E-state index >= 15 is 0 Å². The van der Waals surface area contributed by atoms with Crippen molar-refractivity contribution in [2.24, 2.45) is 0 Å². The molecular formula is C22H24O5S2. The number of benzene rings is 2. The zero-order valence-corrected chi connectivity index (χ0v) is 17.6. The van der Waals surface area contributed by atoms with E-state index in [-0.39, 0.29) is 6.61 Å². The summed E-state index contributed by atoms with van der Waals surface area (Å²) in [5, 5.41) is 40.6. The van der Waals surface area contributed by atoms with E-state index in [4.69, 9.17) is 4.74 Å². The first-order valence-electron chi connectivity index (χ1n) is 9.46. The number of thiophene rings is 1. The van der Waals surface area contributed by atoms with Crippen LogP contribution in [0.5, 0.6) is 5.75 Å². The lowest BCUT2D eigenvalue weighted by Crippen LogP contribution is -2.51. The van der Waals surface area contributed by atoms with Gasteiger partial charge in [-0.25, -0.2) is 0 Å². The third-order valence-corrected chi connectivity index (χ3v) is 8.10. The van der Waals surface area contributed by atoms with Gasteiger partial charge in [0.1, 0.15) is 11.9 Å². The molecule has 0 bridgehead atoms. The number of ether oxygens (including phenoxy) is 1. The van der Waals surface area contributed by atoms with E-state index in [1.54, 1.807) is 18.4 Å². The Morgan fingerprint density at radius 3 is 2.48 bits per heavy atom. The fraction of sp³-hybridized carbons (Fsp3) is 0.364. The van der Waals surface area contributed by atoms with Gasteiger partial charge in [0, 0.05) is 16.0 Å². The van der Waals surface area contributed by atoms with Crippen LogP contribution in [0.15, 0.2) is 48.5 Å². The van der Waals surface area contributed by atoms with Crippen LogP contribution in [0.25, 0.3) is 10.1 Å². The second-order valence-corrected chi connectivity index (χ2v) is 9.80. The number of fused-ring (bicyclic) bond motifs is 1. The zero-order chi connectivity index (χ0) is 20.5. The van der Waals surface area contributed by atoms with Gasteiger partial charge in [-0.2, -0.15) is 0 Å². The first-order valence-corrected chi connectivity index (χ1v) is 11.2. The molecule has 1 aliphatic rings. The molecule has 1 fully saturated rings. The first-order chi connectivity index (χ1) is 14.0. The van der Waals surface area contributed by atoms with Crippen molar-refractivity contribution in [1.82, 2.24) is 0 Å². The normalized spacial score (nSPS) is 27.3. The average molecular weight is 433 g/mol. The highest BCUT2D eigenvalue weighted by Crippen LogP contribution is 2.44. The third kappa shape index (κ3) is 4.03. The smallest absolute Gasteiger partial charge is 0.122 e. The van der Waals surface area contributed by atoms with Crippen molar-refractivity contribution < 1.29 is 25.2 Å². The maximum absolute atomic E-state index is 10.5. The summed E-state index contributed by atoms with van der Waals surface area (Å²) in [7, 11) is 1.63. The van der Waals surface area contributed by atoms with Gasteiger partial charge < -0.3 is 25.2 Å². The molecule has 4 N–H and O–H groups in total. The summed E-state index contributed by atoms with van der Waals surface area (Å²) in [6.07, 6.45) is -2.89. The predicted molar refractivity (Wildman–Crippen MR) is 117 cm³/mol. The van der Waals surface area contributed by atoms with Crippen LogP contribution in [-0.4, -0.2) is 57.7 Å². The van der Waals surface area contributed by atoms with E-state index < -0.39 is 28.8 Å². The highest BCUT2D eigenvalue weighted by molar-refractivity contribution is 8.00. The standard InChI is InChI=1S/C22H24O5S2/c1-27-16-7-6-13(22-21(26)20(25)19(24)18(11-23)29-22)8-14(16)10-15-9-12-4-2-3-5-17(12)28-15/h2-9,18-26H,10-11H2,1H3/t18-,19-,20+,21-,22+/m1/s1. The number of aliphatic hydroxyl groups excluding tert-OH is 4. The van der Waals surface area contributed by atoms with Crippen LogP contribution in [0, 0.1) is 0 Å². The molecule has 1 aliphatic heterocycles. The molecule has 0 aliphatic carbocycles. The summed E-state index contributed by atoms with van der Waals surface area (Å²) in [5.41, 5.74) is 1.83. The van der Waals surface area contributed by atoms with E-state index in [1.165, 1.54) is 26.7 Å². The molecule has 4 rings (SSSR count). The average Bonchev–Trinajstić information content (AvgIpc) is 3.14. The molecule has 0 spiro atoms. The van der Waals surface area contributed by atoms with Gasteiger partial charge in [-0.15, -0.1) is 23.1 Å². The van der Waals surface area contributed by atoms with Crippen molar-refractivity contribution in [3.63, 3.8) is 0 Å². The van der Waals surface area contributed by atoms with E-state index in [2.05, 4.69) is 18.2 Å². The Balaban J connectivity index is 1.65. The summed E-state index contributed by atoms with van der Waals surface area (Å²) < 4.78 is 6.78. The summed E-state index contributed by atoms with van der Waals surface area (Å²) >= 11 is 3.03. The van der Waals surface area contributed by atoms with Gasteiger partial charge in [-0.3, -0.25) is 0 Å². The number of hydrogen-bond donors (Lipinski definition) is 4. The van der Waals surface area contributed by atoms with Crippen molar-refractivity contribution in [3.05, 3.63) is 64.5 Å². The number of hydrogen-bond acceptors (Lipinski definition) is 7. The lowest BCUT2D eigenvalue weighted by molar-refractivity contribution is -0.0700. The Morgan fingerprint density at radius 2 is 1.76 bits per heavy atom. The monoisotopic (exact) mass is 432 g/mol. The van der Waals surface area contributed by atoms with Crippen LogP contribution >= 0.6 is 23.1 Å². The first kappa shape index (κ1) is 20.7. The molecule has 29 heavy (non-hydrogen) atoms. The molecule has 0 amide bonds. The van der Waals surface area contributed by atoms with E-state index in [0.29, 0.717) is 6.42 Å². The molecule has 7 heteroatoms. The Labute approximate surface area is 177 Å². The molecule has 1 aromatic heterocycles. The van der Waals surface area contributed by atoms with Gasteiger partial charge in [0.05, 0.1) is 36.4 Å². The van der Waals surface area contributed by atoms with Crippen LogP contribution in [0.4, 0.5) is 0 Å². The minimum atomic E-state index is -1.30. The predicted octanol–water partition coefficient (Wildman–Crippen LogP) is 2.73. The second-order valence-electron chi connectivity index (χ2n) is 7.25. The molecule has 5 atom stereocenters. The molecule has 154 valence electrons.